The number of anilines is 1. The van der Waals surface area contributed by atoms with Crippen molar-refractivity contribution in [3.8, 4) is 5.75 Å². The number of rotatable bonds is 3. The number of aryl methyl sites for hydroxylation is 1. The summed E-state index contributed by atoms with van der Waals surface area (Å²) in [6.07, 6.45) is 0. The topological polar surface area (TPSA) is 107 Å². The quantitative estimate of drug-likeness (QED) is 0.706. The van der Waals surface area contributed by atoms with Gasteiger partial charge in [0.2, 0.25) is 0 Å². The molecule has 0 spiro atoms. The van der Waals surface area contributed by atoms with Crippen LogP contribution in [0.5, 0.6) is 5.75 Å². The van der Waals surface area contributed by atoms with Crippen LogP contribution in [-0.4, -0.2) is 24.5 Å². The van der Waals surface area contributed by atoms with Crippen molar-refractivity contribution in [1.82, 2.24) is 8.96 Å². The van der Waals surface area contributed by atoms with Gasteiger partial charge in [-0.3, -0.25) is 0 Å². The van der Waals surface area contributed by atoms with E-state index in [1.807, 2.05) is 0 Å². The molecule has 8 heteroatoms. The minimum absolute atomic E-state index is 0.0312. The Bertz CT molecular complexity index is 1060. The summed E-state index contributed by atoms with van der Waals surface area (Å²) in [6, 6.07) is 9.16. The second-order valence-corrected chi connectivity index (χ2v) is 6.86. The summed E-state index contributed by atoms with van der Waals surface area (Å²) in [7, 11) is -2.57. The highest BCUT2D eigenvalue weighted by Crippen LogP contribution is 2.25. The standard InChI is InChI=1S/C15H15N3O4S/c1-9-7-11(22-2)4-6-14(9)23(20,21)18-13-8-10(16)3-5-12(13)17-15(18)19/h3-8H,16H2,1-2H3,(H,17,19). The molecule has 0 amide bonds. The predicted octanol–water partition coefficient (Wildman–Crippen LogP) is 1.47. The van der Waals surface area contributed by atoms with Gasteiger partial charge in [0.05, 0.1) is 23.0 Å². The molecule has 2 aromatic carbocycles. The lowest BCUT2D eigenvalue weighted by atomic mass is 10.2. The number of nitrogens with one attached hydrogen (secondary N) is 1. The van der Waals surface area contributed by atoms with E-state index in [1.54, 1.807) is 25.1 Å². The molecular formula is C15H15N3O4S. The number of benzene rings is 2. The number of hydrogen-bond donors (Lipinski definition) is 2. The fourth-order valence-corrected chi connectivity index (χ4v) is 4.05. The van der Waals surface area contributed by atoms with E-state index < -0.39 is 15.7 Å². The molecule has 3 aromatic rings. The predicted molar refractivity (Wildman–Crippen MR) is 87.3 cm³/mol. The van der Waals surface area contributed by atoms with Crippen molar-refractivity contribution in [3.05, 3.63) is 52.4 Å². The van der Waals surface area contributed by atoms with E-state index in [0.717, 1.165) is 3.97 Å². The first kappa shape index (κ1) is 15.2. The number of nitrogen functional groups attached to an aromatic ring is 1. The largest absolute Gasteiger partial charge is 0.497 e. The number of ether oxygens (including phenoxy) is 1. The molecule has 120 valence electrons. The maximum absolute atomic E-state index is 12.9. The van der Waals surface area contributed by atoms with Crippen molar-refractivity contribution < 1.29 is 13.2 Å². The van der Waals surface area contributed by atoms with Crippen molar-refractivity contribution in [1.29, 1.82) is 0 Å². The van der Waals surface area contributed by atoms with Gasteiger partial charge in [-0.15, -0.1) is 0 Å². The smallest absolute Gasteiger partial charge is 0.340 e. The number of methoxy groups -OCH3 is 1. The van der Waals surface area contributed by atoms with Gasteiger partial charge >= 0.3 is 5.69 Å². The van der Waals surface area contributed by atoms with E-state index in [1.165, 1.54) is 25.3 Å². The Balaban J connectivity index is 2.31. The molecule has 0 atom stereocenters. The van der Waals surface area contributed by atoms with Gasteiger partial charge < -0.3 is 15.5 Å². The third-order valence-corrected chi connectivity index (χ3v) is 5.42. The van der Waals surface area contributed by atoms with Crippen LogP contribution in [0.2, 0.25) is 0 Å². The third kappa shape index (κ3) is 2.36. The van der Waals surface area contributed by atoms with Crippen LogP contribution in [0.25, 0.3) is 11.0 Å². The highest BCUT2D eigenvalue weighted by Gasteiger charge is 2.24. The first-order chi connectivity index (χ1) is 10.8. The zero-order valence-electron chi connectivity index (χ0n) is 12.5. The Morgan fingerprint density at radius 3 is 2.57 bits per heavy atom. The minimum atomic E-state index is -4.06. The fourth-order valence-electron chi connectivity index (χ4n) is 2.47. The zero-order valence-corrected chi connectivity index (χ0v) is 13.3. The van der Waals surface area contributed by atoms with Crippen LogP contribution in [0.1, 0.15) is 5.56 Å². The van der Waals surface area contributed by atoms with Gasteiger partial charge in [0, 0.05) is 5.69 Å². The number of nitrogens with two attached hydrogens (primary N) is 1. The monoisotopic (exact) mass is 333 g/mol. The summed E-state index contributed by atoms with van der Waals surface area (Å²) in [5.41, 5.74) is 6.44. The number of hydrogen-bond acceptors (Lipinski definition) is 5. The number of aromatic nitrogens is 2. The van der Waals surface area contributed by atoms with Crippen LogP contribution in [0.4, 0.5) is 5.69 Å². The number of H-pyrrole nitrogens is 1. The van der Waals surface area contributed by atoms with Gasteiger partial charge in [-0.1, -0.05) is 0 Å². The van der Waals surface area contributed by atoms with Crippen molar-refractivity contribution >= 4 is 26.7 Å². The van der Waals surface area contributed by atoms with Gasteiger partial charge in [-0.25, -0.2) is 13.2 Å². The zero-order chi connectivity index (χ0) is 16.8. The molecule has 0 unspecified atom stereocenters. The number of nitrogens with zero attached hydrogens (tertiary/aromatic N) is 1. The fraction of sp³-hybridized carbons (Fsp3) is 0.133. The summed E-state index contributed by atoms with van der Waals surface area (Å²) >= 11 is 0. The molecule has 1 aromatic heterocycles. The van der Waals surface area contributed by atoms with Crippen molar-refractivity contribution in [2.75, 3.05) is 12.8 Å². The van der Waals surface area contributed by atoms with Gasteiger partial charge in [0.25, 0.3) is 10.0 Å². The lowest BCUT2D eigenvalue weighted by Crippen LogP contribution is -2.25. The molecule has 0 saturated carbocycles. The number of fused-ring (bicyclic) bond motifs is 1. The highest BCUT2D eigenvalue weighted by molar-refractivity contribution is 7.90. The molecule has 0 saturated heterocycles. The van der Waals surface area contributed by atoms with E-state index >= 15 is 0 Å². The molecule has 3 rings (SSSR count). The normalized spacial score (nSPS) is 11.7. The molecule has 0 radical (unpaired) electrons. The maximum atomic E-state index is 12.9. The Hall–Kier alpha value is -2.74. The molecule has 0 aliphatic rings. The van der Waals surface area contributed by atoms with E-state index in [9.17, 15) is 13.2 Å². The van der Waals surface area contributed by atoms with Gasteiger partial charge in [-0.05, 0) is 48.9 Å². The third-order valence-electron chi connectivity index (χ3n) is 3.57. The molecule has 0 fully saturated rings. The Kier molecular flexibility index (Phi) is 3.41. The maximum Gasteiger partial charge on any atom is 0.340 e. The van der Waals surface area contributed by atoms with E-state index in [-0.39, 0.29) is 10.4 Å². The van der Waals surface area contributed by atoms with Crippen LogP contribution in [-0.2, 0) is 10.0 Å². The SMILES string of the molecule is COc1ccc(S(=O)(=O)n2c(=O)[nH]c3ccc(N)cc32)c(C)c1. The van der Waals surface area contributed by atoms with Crippen molar-refractivity contribution in [2.45, 2.75) is 11.8 Å². The molecule has 0 bridgehead atoms. The number of aromatic amines is 1. The molecule has 3 N–H and O–H groups in total. The van der Waals surface area contributed by atoms with Crippen molar-refractivity contribution in [3.63, 3.8) is 0 Å². The summed E-state index contributed by atoms with van der Waals surface area (Å²) in [5.74, 6) is 0.539. The van der Waals surface area contributed by atoms with Crippen LogP contribution in [0.15, 0.2) is 46.1 Å². The first-order valence-electron chi connectivity index (χ1n) is 6.75. The van der Waals surface area contributed by atoms with Gasteiger partial charge in [-0.2, -0.15) is 3.97 Å². The van der Waals surface area contributed by atoms with E-state index in [4.69, 9.17) is 10.5 Å². The summed E-state index contributed by atoms with van der Waals surface area (Å²) in [4.78, 5) is 14.7. The summed E-state index contributed by atoms with van der Waals surface area (Å²) in [5, 5.41) is 0. The molecule has 0 aliphatic carbocycles. The lowest BCUT2D eigenvalue weighted by Gasteiger charge is -2.10. The van der Waals surface area contributed by atoms with E-state index in [0.29, 0.717) is 22.5 Å². The van der Waals surface area contributed by atoms with Gasteiger partial charge in [0.15, 0.2) is 0 Å². The van der Waals surface area contributed by atoms with Crippen LogP contribution in [0.3, 0.4) is 0 Å². The number of imidazole rings is 1. The Labute approximate surface area is 132 Å². The summed E-state index contributed by atoms with van der Waals surface area (Å²) in [6.45, 7) is 1.64. The second kappa shape index (κ2) is 5.17. The molecule has 7 nitrogen and oxygen atoms in total. The van der Waals surface area contributed by atoms with Gasteiger partial charge in [0.1, 0.15) is 5.75 Å². The molecule has 0 aliphatic heterocycles. The van der Waals surface area contributed by atoms with Crippen LogP contribution >= 0.6 is 0 Å². The average molecular weight is 333 g/mol. The Morgan fingerprint density at radius 1 is 1.17 bits per heavy atom. The Morgan fingerprint density at radius 2 is 1.91 bits per heavy atom. The minimum Gasteiger partial charge on any atom is -0.497 e. The lowest BCUT2D eigenvalue weighted by molar-refractivity contribution is 0.414. The molecular weight excluding hydrogens is 318 g/mol. The van der Waals surface area contributed by atoms with Crippen molar-refractivity contribution in [2.24, 2.45) is 0 Å². The molecule has 23 heavy (non-hydrogen) atoms. The van der Waals surface area contributed by atoms with Crippen LogP contribution in [0, 0.1) is 6.92 Å². The average Bonchev–Trinajstić information content (AvgIpc) is 2.82. The van der Waals surface area contributed by atoms with Crippen LogP contribution < -0.4 is 16.2 Å². The first-order valence-corrected chi connectivity index (χ1v) is 8.19. The second-order valence-electron chi connectivity index (χ2n) is 5.11. The molecule has 1 heterocycles. The highest BCUT2D eigenvalue weighted by atomic mass is 32.2. The van der Waals surface area contributed by atoms with E-state index in [2.05, 4.69) is 4.98 Å². The summed E-state index contributed by atoms with van der Waals surface area (Å²) < 4.78 is 31.7.